The quantitative estimate of drug-likeness (QED) is 0.446. The highest BCUT2D eigenvalue weighted by Gasteiger charge is 2.25. The first-order valence-electron chi connectivity index (χ1n) is 12.9. The van der Waals surface area contributed by atoms with Gasteiger partial charge in [0.2, 0.25) is 11.8 Å². The Morgan fingerprint density at radius 3 is 2.66 bits per heavy atom. The lowest BCUT2D eigenvalue weighted by Gasteiger charge is -2.31. The van der Waals surface area contributed by atoms with Gasteiger partial charge in [-0.3, -0.25) is 9.59 Å². The molecule has 0 bridgehead atoms. The largest absolute Gasteiger partial charge is 0.436 e. The molecule has 2 amide bonds. The summed E-state index contributed by atoms with van der Waals surface area (Å²) in [5.74, 6) is 1.04. The molecule has 182 valence electrons. The lowest BCUT2D eigenvalue weighted by molar-refractivity contribution is -0.122. The molecule has 1 aromatic heterocycles. The lowest BCUT2D eigenvalue weighted by Crippen LogP contribution is -2.39. The van der Waals surface area contributed by atoms with Gasteiger partial charge in [0.05, 0.1) is 0 Å². The molecule has 3 aromatic rings. The molecule has 2 aliphatic rings. The van der Waals surface area contributed by atoms with Crippen LogP contribution in [-0.4, -0.2) is 41.3 Å². The number of carbonyl (C=O) groups excluding carboxylic acids is 2. The SMILES string of the molecule is O=C(CC1CCN(C(=O)c2ccc3oc(-c4ccccc4)nc3c2)CC1)NCCC1=CCCCC1. The van der Waals surface area contributed by atoms with Crippen molar-refractivity contribution in [1.29, 1.82) is 0 Å². The van der Waals surface area contributed by atoms with Gasteiger partial charge in [0.15, 0.2) is 5.58 Å². The summed E-state index contributed by atoms with van der Waals surface area (Å²) < 4.78 is 5.87. The first-order chi connectivity index (χ1) is 17.2. The number of nitrogens with one attached hydrogen (secondary N) is 1. The predicted molar refractivity (Wildman–Crippen MR) is 137 cm³/mol. The molecule has 5 rings (SSSR count). The van der Waals surface area contributed by atoms with Crippen LogP contribution in [0.2, 0.25) is 0 Å². The number of benzene rings is 2. The van der Waals surface area contributed by atoms with Crippen LogP contribution in [0.15, 0.2) is 64.6 Å². The van der Waals surface area contributed by atoms with Gasteiger partial charge < -0.3 is 14.6 Å². The monoisotopic (exact) mass is 471 g/mol. The van der Waals surface area contributed by atoms with Gasteiger partial charge in [0.25, 0.3) is 5.91 Å². The van der Waals surface area contributed by atoms with Crippen LogP contribution < -0.4 is 5.32 Å². The van der Waals surface area contributed by atoms with Gasteiger partial charge in [-0.15, -0.1) is 0 Å². The zero-order valence-electron chi connectivity index (χ0n) is 20.2. The Balaban J connectivity index is 1.11. The van der Waals surface area contributed by atoms with Gasteiger partial charge in [0, 0.05) is 37.2 Å². The normalized spacial score (nSPS) is 16.8. The second-order valence-corrected chi connectivity index (χ2v) is 9.72. The molecule has 0 unspecified atom stereocenters. The summed E-state index contributed by atoms with van der Waals surface area (Å²) in [6, 6.07) is 15.2. The average Bonchev–Trinajstić information content (AvgIpc) is 3.33. The van der Waals surface area contributed by atoms with Crippen molar-refractivity contribution >= 4 is 22.9 Å². The van der Waals surface area contributed by atoms with Crippen molar-refractivity contribution < 1.29 is 14.0 Å². The summed E-state index contributed by atoms with van der Waals surface area (Å²) in [6.45, 7) is 2.09. The molecule has 0 atom stereocenters. The minimum atomic E-state index is 0.0137. The maximum Gasteiger partial charge on any atom is 0.253 e. The van der Waals surface area contributed by atoms with Crippen LogP contribution in [0, 0.1) is 5.92 Å². The smallest absolute Gasteiger partial charge is 0.253 e. The Morgan fingerprint density at radius 2 is 1.89 bits per heavy atom. The summed E-state index contributed by atoms with van der Waals surface area (Å²) in [5.41, 5.74) is 4.38. The Labute approximate surface area is 206 Å². The van der Waals surface area contributed by atoms with Gasteiger partial charge in [0.1, 0.15) is 5.52 Å². The van der Waals surface area contributed by atoms with E-state index in [0.717, 1.165) is 31.4 Å². The number of fused-ring (bicyclic) bond motifs is 1. The average molecular weight is 472 g/mol. The van der Waals surface area contributed by atoms with Crippen molar-refractivity contribution in [2.24, 2.45) is 5.92 Å². The topological polar surface area (TPSA) is 75.4 Å². The molecule has 0 spiro atoms. The lowest BCUT2D eigenvalue weighted by atomic mass is 9.92. The van der Waals surface area contributed by atoms with E-state index in [1.165, 1.54) is 31.3 Å². The highest BCUT2D eigenvalue weighted by Crippen LogP contribution is 2.27. The fraction of sp³-hybridized carbons (Fsp3) is 0.414. The van der Waals surface area contributed by atoms with Crippen LogP contribution in [0.3, 0.4) is 0 Å². The first-order valence-corrected chi connectivity index (χ1v) is 12.9. The van der Waals surface area contributed by atoms with Crippen molar-refractivity contribution in [3.8, 4) is 11.5 Å². The van der Waals surface area contributed by atoms with E-state index in [1.807, 2.05) is 53.4 Å². The molecule has 6 heteroatoms. The summed E-state index contributed by atoms with van der Waals surface area (Å²) in [6.07, 6.45) is 10.5. The fourth-order valence-electron chi connectivity index (χ4n) is 5.12. The Bertz CT molecular complexity index is 1210. The van der Waals surface area contributed by atoms with E-state index >= 15 is 0 Å². The van der Waals surface area contributed by atoms with E-state index < -0.39 is 0 Å². The predicted octanol–water partition coefficient (Wildman–Crippen LogP) is 5.74. The van der Waals surface area contributed by atoms with Gasteiger partial charge in [-0.2, -0.15) is 0 Å². The van der Waals surface area contributed by atoms with Crippen molar-refractivity contribution in [1.82, 2.24) is 15.2 Å². The van der Waals surface area contributed by atoms with E-state index in [1.54, 1.807) is 0 Å². The number of aromatic nitrogens is 1. The fourth-order valence-corrected chi connectivity index (χ4v) is 5.12. The third-order valence-electron chi connectivity index (χ3n) is 7.18. The number of oxazole rings is 1. The third-order valence-corrected chi connectivity index (χ3v) is 7.18. The van der Waals surface area contributed by atoms with Crippen LogP contribution in [0.25, 0.3) is 22.6 Å². The first kappa shape index (κ1) is 23.3. The Morgan fingerprint density at radius 1 is 1.06 bits per heavy atom. The number of hydrogen-bond acceptors (Lipinski definition) is 4. The molecule has 0 radical (unpaired) electrons. The molecule has 6 nitrogen and oxygen atoms in total. The third kappa shape index (κ3) is 5.81. The number of hydrogen-bond donors (Lipinski definition) is 1. The molecule has 1 saturated heterocycles. The Hall–Kier alpha value is -3.41. The number of nitrogens with zero attached hydrogens (tertiary/aromatic N) is 2. The van der Waals surface area contributed by atoms with Crippen LogP contribution in [-0.2, 0) is 4.79 Å². The summed E-state index contributed by atoms with van der Waals surface area (Å²) in [5, 5.41) is 3.09. The molecule has 1 fully saturated rings. The van der Waals surface area contributed by atoms with E-state index in [2.05, 4.69) is 16.4 Å². The van der Waals surface area contributed by atoms with E-state index in [0.29, 0.717) is 48.0 Å². The molecule has 1 N–H and O–H groups in total. The minimum Gasteiger partial charge on any atom is -0.436 e. The number of rotatable bonds is 7. The number of carbonyl (C=O) groups is 2. The molecule has 1 aliphatic heterocycles. The van der Waals surface area contributed by atoms with E-state index in [4.69, 9.17) is 4.42 Å². The van der Waals surface area contributed by atoms with Gasteiger partial charge in [-0.25, -0.2) is 4.98 Å². The van der Waals surface area contributed by atoms with Crippen molar-refractivity contribution in [3.63, 3.8) is 0 Å². The second-order valence-electron chi connectivity index (χ2n) is 9.72. The maximum atomic E-state index is 13.1. The molecular weight excluding hydrogens is 438 g/mol. The standard InChI is InChI=1S/C29H33N3O3/c33-27(30-16-13-21-7-3-1-4-8-21)19-22-14-17-32(18-15-22)29(34)24-11-12-26-25(20-24)31-28(35-26)23-9-5-2-6-10-23/h2,5-7,9-12,20,22H,1,3-4,8,13-19H2,(H,30,33). The molecule has 0 saturated carbocycles. The Kier molecular flexibility index (Phi) is 7.26. The molecule has 35 heavy (non-hydrogen) atoms. The number of allylic oxidation sites excluding steroid dienone is 1. The van der Waals surface area contributed by atoms with Crippen molar-refractivity contribution in [2.45, 2.75) is 51.4 Å². The van der Waals surface area contributed by atoms with E-state index in [-0.39, 0.29) is 11.8 Å². The number of piperidine rings is 1. The summed E-state index contributed by atoms with van der Waals surface area (Å²) >= 11 is 0. The summed E-state index contributed by atoms with van der Waals surface area (Å²) in [7, 11) is 0. The van der Waals surface area contributed by atoms with Crippen LogP contribution in [0.5, 0.6) is 0 Å². The van der Waals surface area contributed by atoms with Gasteiger partial charge >= 0.3 is 0 Å². The van der Waals surface area contributed by atoms with Gasteiger partial charge in [-0.05, 0) is 81.2 Å². The number of likely N-dealkylation sites (tertiary alicyclic amines) is 1. The van der Waals surface area contributed by atoms with Crippen molar-refractivity contribution in [3.05, 3.63) is 65.7 Å². The summed E-state index contributed by atoms with van der Waals surface area (Å²) in [4.78, 5) is 32.0. The maximum absolute atomic E-state index is 13.1. The molecule has 1 aliphatic carbocycles. The number of amides is 2. The van der Waals surface area contributed by atoms with E-state index in [9.17, 15) is 9.59 Å². The van der Waals surface area contributed by atoms with Crippen molar-refractivity contribution in [2.75, 3.05) is 19.6 Å². The molecule has 2 aromatic carbocycles. The van der Waals surface area contributed by atoms with Crippen LogP contribution in [0.1, 0.15) is 61.7 Å². The molecule has 2 heterocycles. The van der Waals surface area contributed by atoms with Crippen LogP contribution >= 0.6 is 0 Å². The highest BCUT2D eigenvalue weighted by molar-refractivity contribution is 5.97. The van der Waals surface area contributed by atoms with Crippen LogP contribution in [0.4, 0.5) is 0 Å². The zero-order chi connectivity index (χ0) is 24.0. The zero-order valence-corrected chi connectivity index (χ0v) is 20.2. The minimum absolute atomic E-state index is 0.0137. The highest BCUT2D eigenvalue weighted by atomic mass is 16.3. The van der Waals surface area contributed by atoms with Gasteiger partial charge in [-0.1, -0.05) is 29.8 Å². The second kappa shape index (κ2) is 10.9. The molecular formula is C29H33N3O3.